The largest absolute Gasteiger partial charge is 0.340 e. The Morgan fingerprint density at radius 1 is 1.12 bits per heavy atom. The van der Waals surface area contributed by atoms with Crippen LogP contribution in [0.1, 0.15) is 22.8 Å². The molecule has 1 aromatic carbocycles. The number of thiophene rings is 1. The van der Waals surface area contributed by atoms with Crippen LogP contribution >= 0.6 is 22.9 Å². The fraction of sp³-hybridized carbons (Fsp3) is 0.421. The first-order chi connectivity index (χ1) is 11.7. The lowest BCUT2D eigenvalue weighted by atomic mass is 10.1. The lowest BCUT2D eigenvalue weighted by Gasteiger charge is -2.34. The van der Waals surface area contributed by atoms with Gasteiger partial charge in [0.05, 0.1) is 0 Å². The lowest BCUT2D eigenvalue weighted by Crippen LogP contribution is -2.48. The van der Waals surface area contributed by atoms with Gasteiger partial charge in [-0.3, -0.25) is 9.69 Å². The molecule has 126 valence electrons. The van der Waals surface area contributed by atoms with Gasteiger partial charge in [0.1, 0.15) is 0 Å². The Morgan fingerprint density at radius 2 is 1.88 bits per heavy atom. The SMILES string of the molecule is O=C(C1CC1c1ccc(Cl)cc1)N1CCN(Cc2cccs2)CC1. The zero-order valence-corrected chi connectivity index (χ0v) is 15.1. The number of carbonyl (C=O) groups is 1. The molecule has 1 saturated carbocycles. The molecule has 4 rings (SSSR count). The maximum atomic E-state index is 12.7. The summed E-state index contributed by atoms with van der Waals surface area (Å²) in [6.45, 7) is 4.67. The predicted molar refractivity (Wildman–Crippen MR) is 98.5 cm³/mol. The fourth-order valence-electron chi connectivity index (χ4n) is 3.53. The summed E-state index contributed by atoms with van der Waals surface area (Å²) in [4.78, 5) is 18.6. The van der Waals surface area contributed by atoms with E-state index in [0.29, 0.717) is 11.8 Å². The molecule has 0 radical (unpaired) electrons. The highest BCUT2D eigenvalue weighted by molar-refractivity contribution is 7.09. The minimum absolute atomic E-state index is 0.176. The van der Waals surface area contributed by atoms with E-state index < -0.39 is 0 Å². The molecule has 2 heterocycles. The molecule has 2 unspecified atom stereocenters. The molecule has 1 saturated heterocycles. The predicted octanol–water partition coefficient (Wildman–Crippen LogP) is 3.85. The van der Waals surface area contributed by atoms with Gasteiger partial charge in [-0.25, -0.2) is 0 Å². The van der Waals surface area contributed by atoms with Gasteiger partial charge in [0.15, 0.2) is 0 Å². The third-order valence-electron chi connectivity index (χ3n) is 5.05. The number of hydrogen-bond acceptors (Lipinski definition) is 3. The minimum Gasteiger partial charge on any atom is -0.340 e. The molecule has 2 aliphatic rings. The van der Waals surface area contributed by atoms with Gasteiger partial charge in [-0.2, -0.15) is 0 Å². The summed E-state index contributed by atoms with van der Waals surface area (Å²) in [5.41, 5.74) is 1.24. The van der Waals surface area contributed by atoms with Crippen molar-refractivity contribution in [1.82, 2.24) is 9.80 Å². The fourth-order valence-corrected chi connectivity index (χ4v) is 4.40. The average Bonchev–Trinajstić information content (AvgIpc) is 3.24. The Balaban J connectivity index is 1.28. The molecule has 2 fully saturated rings. The van der Waals surface area contributed by atoms with Crippen molar-refractivity contribution in [3.05, 3.63) is 57.2 Å². The average molecular weight is 361 g/mol. The van der Waals surface area contributed by atoms with Gasteiger partial charge in [0.25, 0.3) is 0 Å². The van der Waals surface area contributed by atoms with Crippen molar-refractivity contribution in [2.75, 3.05) is 26.2 Å². The lowest BCUT2D eigenvalue weighted by molar-refractivity contribution is -0.134. The number of halogens is 1. The van der Waals surface area contributed by atoms with Crippen LogP contribution in [-0.2, 0) is 11.3 Å². The van der Waals surface area contributed by atoms with Crippen molar-refractivity contribution in [2.45, 2.75) is 18.9 Å². The molecule has 1 aromatic heterocycles. The normalized spacial score (nSPS) is 24.1. The topological polar surface area (TPSA) is 23.6 Å². The third-order valence-corrected chi connectivity index (χ3v) is 6.16. The number of nitrogens with zero attached hydrogens (tertiary/aromatic N) is 2. The maximum absolute atomic E-state index is 12.7. The molecule has 0 spiro atoms. The van der Waals surface area contributed by atoms with Crippen LogP contribution in [0.5, 0.6) is 0 Å². The Kier molecular flexibility index (Phi) is 4.61. The van der Waals surface area contributed by atoms with Gasteiger partial charge in [0, 0.05) is 48.5 Å². The van der Waals surface area contributed by atoms with Gasteiger partial charge < -0.3 is 4.90 Å². The summed E-state index contributed by atoms with van der Waals surface area (Å²) < 4.78 is 0. The zero-order valence-electron chi connectivity index (χ0n) is 13.5. The highest BCUT2D eigenvalue weighted by atomic mass is 35.5. The van der Waals surface area contributed by atoms with E-state index in [1.165, 1.54) is 10.4 Å². The molecule has 3 nitrogen and oxygen atoms in total. The highest BCUT2D eigenvalue weighted by Crippen LogP contribution is 2.48. The Bertz CT molecular complexity index is 693. The summed E-state index contributed by atoms with van der Waals surface area (Å²) in [5, 5.41) is 2.88. The summed E-state index contributed by atoms with van der Waals surface area (Å²) in [6, 6.07) is 12.2. The molecule has 1 aliphatic heterocycles. The van der Waals surface area contributed by atoms with E-state index >= 15 is 0 Å². The van der Waals surface area contributed by atoms with E-state index in [1.54, 1.807) is 11.3 Å². The smallest absolute Gasteiger partial charge is 0.226 e. The molecule has 1 aliphatic carbocycles. The summed E-state index contributed by atoms with van der Waals surface area (Å²) in [7, 11) is 0. The van der Waals surface area contributed by atoms with E-state index in [1.807, 2.05) is 12.1 Å². The van der Waals surface area contributed by atoms with Crippen LogP contribution in [0.15, 0.2) is 41.8 Å². The molecule has 0 bridgehead atoms. The maximum Gasteiger partial charge on any atom is 0.226 e. The summed E-state index contributed by atoms with van der Waals surface area (Å²) >= 11 is 7.75. The molecule has 2 aromatic rings. The van der Waals surface area contributed by atoms with E-state index in [4.69, 9.17) is 11.6 Å². The molecule has 24 heavy (non-hydrogen) atoms. The van der Waals surface area contributed by atoms with Crippen molar-refractivity contribution in [3.63, 3.8) is 0 Å². The van der Waals surface area contributed by atoms with Crippen LogP contribution < -0.4 is 0 Å². The number of benzene rings is 1. The van der Waals surface area contributed by atoms with Crippen LogP contribution in [0, 0.1) is 5.92 Å². The minimum atomic E-state index is 0.176. The molecular weight excluding hydrogens is 340 g/mol. The van der Waals surface area contributed by atoms with Crippen molar-refractivity contribution < 1.29 is 4.79 Å². The molecule has 2 atom stereocenters. The second-order valence-electron chi connectivity index (χ2n) is 6.68. The first-order valence-electron chi connectivity index (χ1n) is 8.50. The Hall–Kier alpha value is -1.36. The number of carbonyl (C=O) groups excluding carboxylic acids is 1. The number of amides is 1. The monoisotopic (exact) mass is 360 g/mol. The van der Waals surface area contributed by atoms with Gasteiger partial charge in [-0.1, -0.05) is 29.8 Å². The van der Waals surface area contributed by atoms with Crippen LogP contribution in [0.4, 0.5) is 0 Å². The van der Waals surface area contributed by atoms with Gasteiger partial charge in [-0.05, 0) is 41.5 Å². The molecular formula is C19H21ClN2OS. The van der Waals surface area contributed by atoms with E-state index in [2.05, 4.69) is 39.4 Å². The molecule has 5 heteroatoms. The number of piperazine rings is 1. The Morgan fingerprint density at radius 3 is 2.54 bits per heavy atom. The van der Waals surface area contributed by atoms with Crippen LogP contribution in [0.2, 0.25) is 5.02 Å². The Labute approximate surface area is 151 Å². The van der Waals surface area contributed by atoms with E-state index in [-0.39, 0.29) is 5.92 Å². The molecule has 0 N–H and O–H groups in total. The quantitative estimate of drug-likeness (QED) is 0.826. The van der Waals surface area contributed by atoms with Crippen LogP contribution in [0.25, 0.3) is 0 Å². The van der Waals surface area contributed by atoms with Crippen molar-refractivity contribution in [1.29, 1.82) is 0 Å². The third kappa shape index (κ3) is 3.51. The van der Waals surface area contributed by atoms with Crippen molar-refractivity contribution in [2.24, 2.45) is 5.92 Å². The van der Waals surface area contributed by atoms with Crippen LogP contribution in [0.3, 0.4) is 0 Å². The number of rotatable bonds is 4. The second kappa shape index (κ2) is 6.87. The van der Waals surface area contributed by atoms with Crippen molar-refractivity contribution >= 4 is 28.8 Å². The standard InChI is InChI=1S/C19H21ClN2OS/c20-15-5-3-14(4-6-15)17-12-18(17)19(23)22-9-7-21(8-10-22)13-16-2-1-11-24-16/h1-6,11,17-18H,7-10,12-13H2. The van der Waals surface area contributed by atoms with Gasteiger partial charge in [-0.15, -0.1) is 11.3 Å². The first-order valence-corrected chi connectivity index (χ1v) is 9.75. The van der Waals surface area contributed by atoms with E-state index in [9.17, 15) is 4.79 Å². The highest BCUT2D eigenvalue weighted by Gasteiger charge is 2.46. The number of hydrogen-bond donors (Lipinski definition) is 0. The molecule has 1 amide bonds. The zero-order chi connectivity index (χ0) is 16.5. The summed E-state index contributed by atoms with van der Waals surface area (Å²) in [5.74, 6) is 0.902. The van der Waals surface area contributed by atoms with Gasteiger partial charge >= 0.3 is 0 Å². The van der Waals surface area contributed by atoms with Crippen LogP contribution in [-0.4, -0.2) is 41.9 Å². The van der Waals surface area contributed by atoms with Gasteiger partial charge in [0.2, 0.25) is 5.91 Å². The summed E-state index contributed by atoms with van der Waals surface area (Å²) in [6.07, 6.45) is 0.982. The second-order valence-corrected chi connectivity index (χ2v) is 8.15. The van der Waals surface area contributed by atoms with Crippen molar-refractivity contribution in [3.8, 4) is 0 Å². The van der Waals surface area contributed by atoms with E-state index in [0.717, 1.165) is 44.2 Å². The first kappa shape index (κ1) is 16.1.